The first kappa shape index (κ1) is 9.44. The quantitative estimate of drug-likeness (QED) is 0.779. The fraction of sp³-hybridized carbons (Fsp3) is 0.636. The van der Waals surface area contributed by atoms with Crippen molar-refractivity contribution in [2.75, 3.05) is 12.4 Å². The topological polar surface area (TPSA) is 37.8 Å². The Kier molecular flexibility index (Phi) is 1.98. The fourth-order valence-corrected chi connectivity index (χ4v) is 1.78. The van der Waals surface area contributed by atoms with Gasteiger partial charge in [-0.1, -0.05) is 13.8 Å². The maximum Gasteiger partial charge on any atom is 0.134 e. The molecule has 1 saturated carbocycles. The summed E-state index contributed by atoms with van der Waals surface area (Å²) in [5, 5.41) is 3.07. The van der Waals surface area contributed by atoms with Crippen molar-refractivity contribution >= 4 is 5.82 Å². The molecule has 0 aliphatic heterocycles. The van der Waals surface area contributed by atoms with Crippen LogP contribution in [-0.4, -0.2) is 17.0 Å². The van der Waals surface area contributed by atoms with Crippen molar-refractivity contribution < 1.29 is 0 Å². The highest BCUT2D eigenvalue weighted by molar-refractivity contribution is 5.36. The highest BCUT2D eigenvalue weighted by atomic mass is 15.0. The average Bonchev–Trinajstić information content (AvgIpc) is 2.74. The molecular formula is C11H17N3. The summed E-state index contributed by atoms with van der Waals surface area (Å²) >= 11 is 0. The summed E-state index contributed by atoms with van der Waals surface area (Å²) in [7, 11) is 1.89. The lowest BCUT2D eigenvalue weighted by Crippen LogP contribution is -2.02. The van der Waals surface area contributed by atoms with Crippen molar-refractivity contribution in [2.45, 2.75) is 33.1 Å². The minimum absolute atomic E-state index is 0.402. The summed E-state index contributed by atoms with van der Waals surface area (Å²) < 4.78 is 0. The first-order valence-electron chi connectivity index (χ1n) is 5.06. The van der Waals surface area contributed by atoms with Crippen LogP contribution in [0.2, 0.25) is 0 Å². The largest absolute Gasteiger partial charge is 0.373 e. The minimum atomic E-state index is 0.402. The lowest BCUT2D eigenvalue weighted by Gasteiger charge is -2.06. The molecule has 1 aromatic rings. The van der Waals surface area contributed by atoms with Crippen LogP contribution >= 0.6 is 0 Å². The van der Waals surface area contributed by atoms with Crippen molar-refractivity contribution in [3.8, 4) is 0 Å². The second-order valence-corrected chi connectivity index (χ2v) is 4.75. The molecule has 0 aromatic carbocycles. The molecule has 1 unspecified atom stereocenters. The Balaban J connectivity index is 2.31. The van der Waals surface area contributed by atoms with Gasteiger partial charge in [-0.15, -0.1) is 0 Å². The van der Waals surface area contributed by atoms with E-state index >= 15 is 0 Å². The van der Waals surface area contributed by atoms with Gasteiger partial charge >= 0.3 is 0 Å². The normalized spacial score (nSPS) is 23.3. The molecule has 1 aliphatic rings. The van der Waals surface area contributed by atoms with Crippen LogP contribution in [0.5, 0.6) is 0 Å². The molecule has 0 radical (unpaired) electrons. The van der Waals surface area contributed by atoms with Gasteiger partial charge in [0.15, 0.2) is 0 Å². The lowest BCUT2D eigenvalue weighted by molar-refractivity contribution is 0.608. The van der Waals surface area contributed by atoms with E-state index in [9.17, 15) is 0 Å². The van der Waals surface area contributed by atoms with Gasteiger partial charge in [0.25, 0.3) is 0 Å². The Labute approximate surface area is 85.0 Å². The van der Waals surface area contributed by atoms with Crippen molar-refractivity contribution in [2.24, 2.45) is 5.41 Å². The lowest BCUT2D eigenvalue weighted by atomic mass is 10.1. The van der Waals surface area contributed by atoms with Crippen molar-refractivity contribution in [1.29, 1.82) is 0 Å². The Morgan fingerprint density at radius 3 is 2.57 bits per heavy atom. The Bertz CT molecular complexity index is 358. The van der Waals surface area contributed by atoms with Gasteiger partial charge in [-0.25, -0.2) is 9.97 Å². The van der Waals surface area contributed by atoms with Gasteiger partial charge in [0.2, 0.25) is 0 Å². The second kappa shape index (κ2) is 2.94. The molecule has 1 heterocycles. The molecule has 76 valence electrons. The summed E-state index contributed by atoms with van der Waals surface area (Å²) in [6, 6.07) is 1.97. The van der Waals surface area contributed by atoms with E-state index in [2.05, 4.69) is 29.1 Å². The van der Waals surface area contributed by atoms with Gasteiger partial charge in [-0.2, -0.15) is 0 Å². The van der Waals surface area contributed by atoms with Crippen LogP contribution in [0.1, 0.15) is 37.7 Å². The minimum Gasteiger partial charge on any atom is -0.373 e. The summed E-state index contributed by atoms with van der Waals surface area (Å²) in [6.07, 6.45) is 1.21. The van der Waals surface area contributed by atoms with Crippen LogP contribution in [-0.2, 0) is 0 Å². The molecule has 1 fully saturated rings. The fourth-order valence-electron chi connectivity index (χ4n) is 1.78. The third kappa shape index (κ3) is 1.59. The number of aryl methyl sites for hydroxylation is 1. The van der Waals surface area contributed by atoms with Gasteiger partial charge in [0.1, 0.15) is 11.6 Å². The summed E-state index contributed by atoms with van der Waals surface area (Å²) in [6.45, 7) is 6.55. The molecule has 3 heteroatoms. The van der Waals surface area contributed by atoms with Crippen LogP contribution in [0, 0.1) is 12.3 Å². The standard InChI is InChI=1S/C11H17N3/c1-7-5-9(12-4)14-10(13-7)8-6-11(8,2)3/h5,8H,6H2,1-4H3,(H,12,13,14). The van der Waals surface area contributed by atoms with Crippen LogP contribution in [0.3, 0.4) is 0 Å². The number of rotatable bonds is 2. The van der Waals surface area contributed by atoms with Gasteiger partial charge in [0, 0.05) is 24.7 Å². The number of nitrogens with one attached hydrogen (secondary N) is 1. The van der Waals surface area contributed by atoms with Crippen LogP contribution in [0.15, 0.2) is 6.07 Å². The molecule has 0 spiro atoms. The van der Waals surface area contributed by atoms with E-state index in [0.29, 0.717) is 11.3 Å². The predicted octanol–water partition coefficient (Wildman–Crippen LogP) is 2.34. The maximum absolute atomic E-state index is 4.49. The zero-order chi connectivity index (χ0) is 10.3. The maximum atomic E-state index is 4.49. The number of hydrogen-bond acceptors (Lipinski definition) is 3. The molecule has 1 aromatic heterocycles. The third-order valence-corrected chi connectivity index (χ3v) is 2.95. The molecule has 0 saturated heterocycles. The van der Waals surface area contributed by atoms with Gasteiger partial charge in [-0.05, 0) is 18.8 Å². The first-order chi connectivity index (χ1) is 6.53. The Hall–Kier alpha value is -1.12. The van der Waals surface area contributed by atoms with E-state index in [1.165, 1.54) is 6.42 Å². The monoisotopic (exact) mass is 191 g/mol. The average molecular weight is 191 g/mol. The molecule has 14 heavy (non-hydrogen) atoms. The molecule has 2 rings (SSSR count). The summed E-state index contributed by atoms with van der Waals surface area (Å²) in [5.74, 6) is 2.48. The molecule has 1 aliphatic carbocycles. The van der Waals surface area contributed by atoms with E-state index < -0.39 is 0 Å². The molecule has 0 amide bonds. The number of aromatic nitrogens is 2. The van der Waals surface area contributed by atoms with Crippen LogP contribution < -0.4 is 5.32 Å². The van der Waals surface area contributed by atoms with Crippen LogP contribution in [0.4, 0.5) is 5.82 Å². The van der Waals surface area contributed by atoms with E-state index in [-0.39, 0.29) is 0 Å². The number of hydrogen-bond donors (Lipinski definition) is 1. The molecule has 1 atom stereocenters. The first-order valence-corrected chi connectivity index (χ1v) is 5.06. The highest BCUT2D eigenvalue weighted by Crippen LogP contribution is 2.57. The summed E-state index contributed by atoms with van der Waals surface area (Å²) in [4.78, 5) is 8.98. The van der Waals surface area contributed by atoms with Crippen LogP contribution in [0.25, 0.3) is 0 Å². The van der Waals surface area contributed by atoms with E-state index in [1.807, 2.05) is 20.0 Å². The smallest absolute Gasteiger partial charge is 0.134 e. The number of anilines is 1. The number of nitrogens with zero attached hydrogens (tertiary/aromatic N) is 2. The van der Waals surface area contributed by atoms with Gasteiger partial charge in [0.05, 0.1) is 0 Å². The van der Waals surface area contributed by atoms with Gasteiger partial charge in [-0.3, -0.25) is 0 Å². The van der Waals surface area contributed by atoms with E-state index in [1.54, 1.807) is 0 Å². The molecule has 3 nitrogen and oxygen atoms in total. The van der Waals surface area contributed by atoms with Crippen molar-refractivity contribution in [1.82, 2.24) is 9.97 Å². The Morgan fingerprint density at radius 1 is 1.43 bits per heavy atom. The second-order valence-electron chi connectivity index (χ2n) is 4.75. The van der Waals surface area contributed by atoms with E-state index in [4.69, 9.17) is 0 Å². The van der Waals surface area contributed by atoms with Crippen molar-refractivity contribution in [3.05, 3.63) is 17.6 Å². The van der Waals surface area contributed by atoms with Crippen molar-refractivity contribution in [3.63, 3.8) is 0 Å². The Morgan fingerprint density at radius 2 is 2.07 bits per heavy atom. The van der Waals surface area contributed by atoms with Gasteiger partial charge < -0.3 is 5.32 Å². The zero-order valence-corrected chi connectivity index (χ0v) is 9.26. The third-order valence-electron chi connectivity index (χ3n) is 2.95. The van der Waals surface area contributed by atoms with E-state index in [0.717, 1.165) is 17.3 Å². The SMILES string of the molecule is CNc1cc(C)nc(C2CC2(C)C)n1. The predicted molar refractivity (Wildman–Crippen MR) is 57.5 cm³/mol. The zero-order valence-electron chi connectivity index (χ0n) is 9.26. The molecule has 1 N–H and O–H groups in total. The summed E-state index contributed by atoms with van der Waals surface area (Å²) in [5.41, 5.74) is 1.45. The highest BCUT2D eigenvalue weighted by Gasteiger charge is 2.48. The molecular weight excluding hydrogens is 174 g/mol. The molecule has 0 bridgehead atoms.